The second-order valence-electron chi connectivity index (χ2n) is 5.91. The lowest BCUT2D eigenvalue weighted by Gasteiger charge is -2.28. The van der Waals surface area contributed by atoms with E-state index in [0.717, 1.165) is 23.7 Å². The van der Waals surface area contributed by atoms with Crippen molar-refractivity contribution in [1.29, 1.82) is 0 Å². The van der Waals surface area contributed by atoms with Crippen molar-refractivity contribution < 1.29 is 0 Å². The van der Waals surface area contributed by atoms with Crippen LogP contribution < -0.4 is 10.2 Å². The lowest BCUT2D eigenvalue weighted by molar-refractivity contribution is 0.578. The molecule has 1 fully saturated rings. The maximum Gasteiger partial charge on any atom is 0.0450 e. The Morgan fingerprint density at radius 1 is 0.864 bits per heavy atom. The Bertz CT molecular complexity index is 589. The van der Waals surface area contributed by atoms with Gasteiger partial charge in [0.15, 0.2) is 0 Å². The number of rotatable bonds is 5. The van der Waals surface area contributed by atoms with Crippen molar-refractivity contribution in [2.75, 3.05) is 18.0 Å². The molecule has 1 aliphatic rings. The molecule has 0 amide bonds. The zero-order valence-corrected chi connectivity index (χ0v) is 13.6. The summed E-state index contributed by atoms with van der Waals surface area (Å²) in [5.41, 5.74) is 3.82. The van der Waals surface area contributed by atoms with Gasteiger partial charge in [0, 0.05) is 36.9 Å². The zero-order chi connectivity index (χ0) is 15.2. The van der Waals surface area contributed by atoms with Crippen molar-refractivity contribution in [3.05, 3.63) is 64.7 Å². The third kappa shape index (κ3) is 4.02. The molecule has 1 N–H and O–H groups in total. The first kappa shape index (κ1) is 15.4. The number of nitrogens with zero attached hydrogens (tertiary/aromatic N) is 1. The van der Waals surface area contributed by atoms with Crippen molar-refractivity contribution in [2.45, 2.75) is 32.4 Å². The van der Waals surface area contributed by atoms with Crippen LogP contribution in [0, 0.1) is 0 Å². The predicted octanol–water partition coefficient (Wildman–Crippen LogP) is 4.62. The second kappa shape index (κ2) is 7.66. The summed E-state index contributed by atoms with van der Waals surface area (Å²) in [7, 11) is 0. The maximum absolute atomic E-state index is 6.17. The van der Waals surface area contributed by atoms with Crippen molar-refractivity contribution in [2.24, 2.45) is 0 Å². The summed E-state index contributed by atoms with van der Waals surface area (Å²) in [6.07, 6.45) is 4.02. The zero-order valence-electron chi connectivity index (χ0n) is 12.9. The van der Waals surface area contributed by atoms with E-state index < -0.39 is 0 Å². The van der Waals surface area contributed by atoms with Crippen molar-refractivity contribution in [1.82, 2.24) is 5.32 Å². The van der Waals surface area contributed by atoms with Gasteiger partial charge < -0.3 is 10.2 Å². The number of hydrogen-bond donors (Lipinski definition) is 1. The number of hydrogen-bond acceptors (Lipinski definition) is 2. The molecule has 2 aromatic carbocycles. The number of halogens is 1. The molecule has 1 aliphatic heterocycles. The fraction of sp³-hybridized carbons (Fsp3) is 0.368. The lowest BCUT2D eigenvalue weighted by Crippen LogP contribution is -2.29. The highest BCUT2D eigenvalue weighted by Crippen LogP contribution is 2.20. The highest BCUT2D eigenvalue weighted by Gasteiger charge is 2.10. The van der Waals surface area contributed by atoms with Gasteiger partial charge in [0.1, 0.15) is 0 Å². The van der Waals surface area contributed by atoms with Crippen LogP contribution in [-0.4, -0.2) is 13.1 Å². The summed E-state index contributed by atoms with van der Waals surface area (Å²) < 4.78 is 0. The van der Waals surface area contributed by atoms with E-state index in [1.165, 1.54) is 43.6 Å². The van der Waals surface area contributed by atoms with Gasteiger partial charge in [-0.15, -0.1) is 0 Å². The highest BCUT2D eigenvalue weighted by atomic mass is 35.5. The number of anilines is 1. The lowest BCUT2D eigenvalue weighted by atomic mass is 10.1. The predicted molar refractivity (Wildman–Crippen MR) is 94.5 cm³/mol. The van der Waals surface area contributed by atoms with E-state index in [-0.39, 0.29) is 0 Å². The quantitative estimate of drug-likeness (QED) is 0.866. The smallest absolute Gasteiger partial charge is 0.0450 e. The molecular weight excluding hydrogens is 292 g/mol. The Kier molecular flexibility index (Phi) is 5.36. The molecule has 0 unspecified atom stereocenters. The van der Waals surface area contributed by atoms with Crippen molar-refractivity contribution >= 4 is 17.3 Å². The molecule has 3 heteroatoms. The Hall–Kier alpha value is -1.51. The van der Waals surface area contributed by atoms with Crippen LogP contribution in [0.15, 0.2) is 48.5 Å². The van der Waals surface area contributed by atoms with E-state index in [4.69, 9.17) is 11.6 Å². The van der Waals surface area contributed by atoms with Crippen LogP contribution in [0.1, 0.15) is 30.4 Å². The minimum absolute atomic E-state index is 0.799. The third-order valence-corrected chi connectivity index (χ3v) is 4.63. The SMILES string of the molecule is Clc1ccccc1CNCc1ccc(N2CCCCC2)cc1. The van der Waals surface area contributed by atoms with E-state index in [0.29, 0.717) is 0 Å². The molecule has 0 bridgehead atoms. The third-order valence-electron chi connectivity index (χ3n) is 4.26. The van der Waals surface area contributed by atoms with Gasteiger partial charge in [-0.3, -0.25) is 0 Å². The summed E-state index contributed by atoms with van der Waals surface area (Å²) in [6, 6.07) is 16.9. The Morgan fingerprint density at radius 2 is 1.59 bits per heavy atom. The fourth-order valence-corrected chi connectivity index (χ4v) is 3.16. The molecule has 116 valence electrons. The average molecular weight is 315 g/mol. The number of benzene rings is 2. The van der Waals surface area contributed by atoms with Gasteiger partial charge in [-0.1, -0.05) is 41.9 Å². The highest BCUT2D eigenvalue weighted by molar-refractivity contribution is 6.31. The minimum Gasteiger partial charge on any atom is -0.372 e. The Morgan fingerprint density at radius 3 is 2.32 bits per heavy atom. The van der Waals surface area contributed by atoms with E-state index >= 15 is 0 Å². The van der Waals surface area contributed by atoms with Gasteiger partial charge in [0.25, 0.3) is 0 Å². The first-order valence-electron chi connectivity index (χ1n) is 8.11. The molecule has 0 aromatic heterocycles. The first-order chi connectivity index (χ1) is 10.8. The van der Waals surface area contributed by atoms with E-state index in [9.17, 15) is 0 Å². The van der Waals surface area contributed by atoms with Gasteiger partial charge in [0.05, 0.1) is 0 Å². The normalized spacial score (nSPS) is 15.0. The van der Waals surface area contributed by atoms with Gasteiger partial charge in [-0.25, -0.2) is 0 Å². The summed E-state index contributed by atoms with van der Waals surface area (Å²) in [4.78, 5) is 2.49. The standard InChI is InChI=1S/C19H23ClN2/c20-19-7-3-2-6-17(19)15-21-14-16-8-10-18(11-9-16)22-12-4-1-5-13-22/h2-3,6-11,21H,1,4-5,12-15H2. The van der Waals surface area contributed by atoms with Gasteiger partial charge in [0.2, 0.25) is 0 Å². The van der Waals surface area contributed by atoms with Crippen LogP contribution in [-0.2, 0) is 13.1 Å². The molecule has 0 spiro atoms. The second-order valence-corrected chi connectivity index (χ2v) is 6.32. The largest absolute Gasteiger partial charge is 0.372 e. The van der Waals surface area contributed by atoms with Crippen LogP contribution in [0.3, 0.4) is 0 Å². The molecule has 0 saturated carbocycles. The van der Waals surface area contributed by atoms with Crippen molar-refractivity contribution in [3.63, 3.8) is 0 Å². The Labute approximate surface area is 138 Å². The molecule has 1 saturated heterocycles. The van der Waals surface area contributed by atoms with Crippen LogP contribution in [0.25, 0.3) is 0 Å². The molecule has 1 heterocycles. The molecular formula is C19H23ClN2. The number of piperidine rings is 1. The molecule has 2 nitrogen and oxygen atoms in total. The van der Waals surface area contributed by atoms with Crippen LogP contribution in [0.2, 0.25) is 5.02 Å². The molecule has 0 atom stereocenters. The maximum atomic E-state index is 6.17. The van der Waals surface area contributed by atoms with Crippen molar-refractivity contribution in [3.8, 4) is 0 Å². The van der Waals surface area contributed by atoms with E-state index in [1.54, 1.807) is 0 Å². The first-order valence-corrected chi connectivity index (χ1v) is 8.49. The Balaban J connectivity index is 1.52. The molecule has 3 rings (SSSR count). The van der Waals surface area contributed by atoms with Gasteiger partial charge in [-0.2, -0.15) is 0 Å². The van der Waals surface area contributed by atoms with Gasteiger partial charge in [-0.05, 0) is 48.6 Å². The van der Waals surface area contributed by atoms with Crippen LogP contribution >= 0.6 is 11.6 Å². The fourth-order valence-electron chi connectivity index (χ4n) is 2.96. The molecule has 0 radical (unpaired) electrons. The number of nitrogens with one attached hydrogen (secondary N) is 1. The summed E-state index contributed by atoms with van der Waals surface area (Å²) in [5.74, 6) is 0. The van der Waals surface area contributed by atoms with Crippen LogP contribution in [0.5, 0.6) is 0 Å². The monoisotopic (exact) mass is 314 g/mol. The summed E-state index contributed by atoms with van der Waals surface area (Å²) >= 11 is 6.17. The summed E-state index contributed by atoms with van der Waals surface area (Å²) in [5, 5.41) is 4.29. The van der Waals surface area contributed by atoms with Crippen LogP contribution in [0.4, 0.5) is 5.69 Å². The molecule has 2 aromatic rings. The molecule has 0 aliphatic carbocycles. The summed E-state index contributed by atoms with van der Waals surface area (Å²) in [6.45, 7) is 4.06. The van der Waals surface area contributed by atoms with E-state index in [1.807, 2.05) is 18.2 Å². The molecule has 22 heavy (non-hydrogen) atoms. The minimum atomic E-state index is 0.799. The van der Waals surface area contributed by atoms with Gasteiger partial charge >= 0.3 is 0 Å². The average Bonchev–Trinajstić information content (AvgIpc) is 2.58. The topological polar surface area (TPSA) is 15.3 Å². The van der Waals surface area contributed by atoms with E-state index in [2.05, 4.69) is 40.5 Å².